The van der Waals surface area contributed by atoms with Crippen LogP contribution in [0.4, 0.5) is 0 Å². The van der Waals surface area contributed by atoms with Crippen LogP contribution in [0.5, 0.6) is 0 Å². The maximum Gasteiger partial charge on any atom is 0.240 e. The van der Waals surface area contributed by atoms with Crippen LogP contribution in [0.3, 0.4) is 0 Å². The highest BCUT2D eigenvalue weighted by Gasteiger charge is 2.30. The van der Waals surface area contributed by atoms with Gasteiger partial charge < -0.3 is 0 Å². The Balaban J connectivity index is 2.24. The van der Waals surface area contributed by atoms with Gasteiger partial charge in [0.15, 0.2) is 0 Å². The first-order valence-corrected chi connectivity index (χ1v) is 8.62. The highest BCUT2D eigenvalue weighted by molar-refractivity contribution is 7.89. The zero-order valence-corrected chi connectivity index (χ0v) is 14.0. The first-order chi connectivity index (χ1) is 10.4. The molecule has 0 aromatic heterocycles. The lowest BCUT2D eigenvalue weighted by Crippen LogP contribution is -2.48. The third kappa shape index (κ3) is 3.55. The largest absolute Gasteiger partial charge is 0.299 e. The highest BCUT2D eigenvalue weighted by atomic mass is 32.2. The van der Waals surface area contributed by atoms with E-state index in [4.69, 9.17) is 0 Å². The molecule has 0 bridgehead atoms. The van der Waals surface area contributed by atoms with Gasteiger partial charge in [0.05, 0.1) is 10.4 Å². The van der Waals surface area contributed by atoms with Crippen molar-refractivity contribution >= 4 is 10.0 Å². The van der Waals surface area contributed by atoms with Gasteiger partial charge in [-0.3, -0.25) is 4.90 Å². The maximum absolute atomic E-state index is 12.4. The molecular weight excluding hydrogens is 296 g/mol. The van der Waals surface area contributed by atoms with Gasteiger partial charge in [0.1, 0.15) is 0 Å². The van der Waals surface area contributed by atoms with Crippen molar-refractivity contribution in [2.24, 2.45) is 0 Å². The normalized spacial score (nSPS) is 14.7. The van der Waals surface area contributed by atoms with Gasteiger partial charge in [0.2, 0.25) is 10.0 Å². The molecule has 118 valence electrons. The molecule has 1 N–H and O–H groups in total. The Labute approximate surface area is 132 Å². The molecule has 0 aliphatic heterocycles. The average Bonchev–Trinajstić information content (AvgIpc) is 2.54. The number of rotatable bonds is 6. The molecule has 2 aromatic carbocycles. The highest BCUT2D eigenvalue weighted by Crippen LogP contribution is 2.25. The monoisotopic (exact) mass is 318 g/mol. The van der Waals surface area contributed by atoms with Gasteiger partial charge in [-0.2, -0.15) is 0 Å². The van der Waals surface area contributed by atoms with Crippen molar-refractivity contribution in [2.75, 3.05) is 20.6 Å². The maximum atomic E-state index is 12.4. The minimum Gasteiger partial charge on any atom is -0.299 e. The SMILES string of the molecule is CN(C)[C@](C)(CNS(=O)(=O)c1ccccc1)c1ccccc1. The summed E-state index contributed by atoms with van der Waals surface area (Å²) in [6, 6.07) is 18.3. The second kappa shape index (κ2) is 6.60. The van der Waals surface area contributed by atoms with Crippen LogP contribution in [0, 0.1) is 0 Å². The molecule has 0 spiro atoms. The summed E-state index contributed by atoms with van der Waals surface area (Å²) in [4.78, 5) is 2.31. The van der Waals surface area contributed by atoms with E-state index in [-0.39, 0.29) is 4.90 Å². The van der Waals surface area contributed by atoms with Gasteiger partial charge >= 0.3 is 0 Å². The molecule has 1 atom stereocenters. The van der Waals surface area contributed by atoms with Crippen LogP contribution in [-0.4, -0.2) is 34.0 Å². The number of nitrogens with one attached hydrogen (secondary N) is 1. The van der Waals surface area contributed by atoms with Crippen LogP contribution in [0.2, 0.25) is 0 Å². The van der Waals surface area contributed by atoms with Crippen LogP contribution >= 0.6 is 0 Å². The Hall–Kier alpha value is -1.69. The molecule has 0 fully saturated rings. The van der Waals surface area contributed by atoms with Crippen LogP contribution in [-0.2, 0) is 15.6 Å². The minimum absolute atomic E-state index is 0.282. The fraction of sp³-hybridized carbons (Fsp3) is 0.294. The fourth-order valence-corrected chi connectivity index (χ4v) is 3.39. The average molecular weight is 318 g/mol. The quantitative estimate of drug-likeness (QED) is 0.890. The summed E-state index contributed by atoms with van der Waals surface area (Å²) in [5.74, 6) is 0. The summed E-state index contributed by atoms with van der Waals surface area (Å²) in [6.45, 7) is 2.32. The van der Waals surface area contributed by atoms with Crippen molar-refractivity contribution in [1.29, 1.82) is 0 Å². The molecule has 0 radical (unpaired) electrons. The lowest BCUT2D eigenvalue weighted by atomic mass is 9.91. The fourth-order valence-electron chi connectivity index (χ4n) is 2.23. The molecule has 0 saturated heterocycles. The molecule has 0 heterocycles. The number of hydrogen-bond acceptors (Lipinski definition) is 3. The van der Waals surface area contributed by atoms with E-state index in [2.05, 4.69) is 4.72 Å². The predicted molar refractivity (Wildman–Crippen MR) is 89.1 cm³/mol. The molecule has 0 unspecified atom stereocenters. The first kappa shape index (κ1) is 16.7. The van der Waals surface area contributed by atoms with Crippen molar-refractivity contribution in [3.63, 3.8) is 0 Å². The van der Waals surface area contributed by atoms with E-state index in [0.717, 1.165) is 5.56 Å². The summed E-state index contributed by atoms with van der Waals surface area (Å²) < 4.78 is 27.5. The topological polar surface area (TPSA) is 49.4 Å². The second-order valence-corrected chi connectivity index (χ2v) is 7.44. The molecule has 0 saturated carbocycles. The predicted octanol–water partition coefficient (Wildman–Crippen LogP) is 2.44. The van der Waals surface area contributed by atoms with E-state index >= 15 is 0 Å². The molecule has 0 aliphatic carbocycles. The molecule has 5 heteroatoms. The Morgan fingerprint density at radius 1 is 0.955 bits per heavy atom. The number of nitrogens with zero attached hydrogens (tertiary/aromatic N) is 1. The number of likely N-dealkylation sites (N-methyl/N-ethyl adjacent to an activating group) is 1. The Bertz CT molecular complexity index is 700. The third-order valence-corrected chi connectivity index (χ3v) is 5.46. The third-order valence-electron chi connectivity index (χ3n) is 4.04. The van der Waals surface area contributed by atoms with E-state index in [1.165, 1.54) is 0 Å². The van der Waals surface area contributed by atoms with Crippen molar-refractivity contribution in [3.05, 3.63) is 66.2 Å². The molecule has 4 nitrogen and oxygen atoms in total. The van der Waals surface area contributed by atoms with Crippen molar-refractivity contribution in [2.45, 2.75) is 17.4 Å². The van der Waals surface area contributed by atoms with Gasteiger partial charge in [-0.1, -0.05) is 48.5 Å². The van der Waals surface area contributed by atoms with Gasteiger partial charge in [0, 0.05) is 6.54 Å². The summed E-state index contributed by atoms with van der Waals surface area (Å²) in [5.41, 5.74) is 0.638. The second-order valence-electron chi connectivity index (χ2n) is 5.67. The number of hydrogen-bond donors (Lipinski definition) is 1. The van der Waals surface area contributed by atoms with Gasteiger partial charge in [-0.25, -0.2) is 13.1 Å². The summed E-state index contributed by atoms with van der Waals surface area (Å²) >= 11 is 0. The van der Waals surface area contributed by atoms with Crippen LogP contribution in [0.25, 0.3) is 0 Å². The van der Waals surface area contributed by atoms with E-state index < -0.39 is 15.6 Å². The Kier molecular flexibility index (Phi) is 5.01. The van der Waals surface area contributed by atoms with Crippen LogP contribution in [0.1, 0.15) is 12.5 Å². The van der Waals surface area contributed by atoms with Crippen molar-refractivity contribution < 1.29 is 8.42 Å². The van der Waals surface area contributed by atoms with Crippen molar-refractivity contribution in [1.82, 2.24) is 9.62 Å². The summed E-state index contributed by atoms with van der Waals surface area (Å²) in [6.07, 6.45) is 0. The Morgan fingerprint density at radius 3 is 1.95 bits per heavy atom. The van der Waals surface area contributed by atoms with Crippen molar-refractivity contribution in [3.8, 4) is 0 Å². The summed E-state index contributed by atoms with van der Waals surface area (Å²) in [7, 11) is 0.385. The lowest BCUT2D eigenvalue weighted by molar-refractivity contribution is 0.177. The number of benzene rings is 2. The molecule has 2 rings (SSSR count). The molecule has 2 aromatic rings. The standard InChI is InChI=1S/C17H22N2O2S/c1-17(19(2)3,15-10-6-4-7-11-15)14-18-22(20,21)16-12-8-5-9-13-16/h4-13,18H,14H2,1-3H3/t17-/m1/s1. The lowest BCUT2D eigenvalue weighted by Gasteiger charge is -2.37. The van der Waals surface area contributed by atoms with Gasteiger partial charge in [-0.15, -0.1) is 0 Å². The van der Waals surface area contributed by atoms with E-state index in [9.17, 15) is 8.42 Å². The van der Waals surface area contributed by atoms with Gasteiger partial charge in [0.25, 0.3) is 0 Å². The number of sulfonamides is 1. The zero-order valence-electron chi connectivity index (χ0n) is 13.2. The molecule has 22 heavy (non-hydrogen) atoms. The van der Waals surface area contributed by atoms with Gasteiger partial charge in [-0.05, 0) is 38.7 Å². The van der Waals surface area contributed by atoms with E-state index in [1.807, 2.05) is 56.3 Å². The first-order valence-electron chi connectivity index (χ1n) is 7.14. The minimum atomic E-state index is -3.51. The Morgan fingerprint density at radius 2 is 1.45 bits per heavy atom. The van der Waals surface area contributed by atoms with Crippen LogP contribution < -0.4 is 4.72 Å². The molecular formula is C17H22N2O2S. The smallest absolute Gasteiger partial charge is 0.240 e. The molecule has 0 amide bonds. The van der Waals surface area contributed by atoms with Crippen LogP contribution in [0.15, 0.2) is 65.6 Å². The molecule has 0 aliphatic rings. The van der Waals surface area contributed by atoms with E-state index in [1.54, 1.807) is 30.3 Å². The van der Waals surface area contributed by atoms with E-state index in [0.29, 0.717) is 6.54 Å². The summed E-state index contributed by atoms with van der Waals surface area (Å²) in [5, 5.41) is 0. The zero-order chi connectivity index (χ0) is 16.2.